The second-order valence-corrected chi connectivity index (χ2v) is 4.04. The summed E-state index contributed by atoms with van der Waals surface area (Å²) in [5.74, 6) is 0. The molecule has 3 nitrogen and oxygen atoms in total. The zero-order chi connectivity index (χ0) is 14.6. The van der Waals surface area contributed by atoms with Crippen LogP contribution in [-0.4, -0.2) is 4.98 Å². The highest BCUT2D eigenvalue weighted by Gasteiger charge is 2.30. The van der Waals surface area contributed by atoms with E-state index in [0.717, 1.165) is 12.1 Å². The smallest absolute Gasteiger partial charge is 0.365 e. The zero-order valence-corrected chi connectivity index (χ0v) is 10.2. The average molecular weight is 277 g/mol. The lowest BCUT2D eigenvalue weighted by atomic mass is 10.1. The van der Waals surface area contributed by atoms with E-state index in [9.17, 15) is 13.2 Å². The molecule has 0 saturated carbocycles. The minimum Gasteiger partial charge on any atom is -0.365 e. The first-order valence-electron chi connectivity index (χ1n) is 5.75. The summed E-state index contributed by atoms with van der Waals surface area (Å²) in [5.41, 5.74) is 0.208. The maximum atomic E-state index is 12.4. The third-order valence-electron chi connectivity index (χ3n) is 2.64. The molecule has 2 rings (SSSR count). The lowest BCUT2D eigenvalue weighted by Gasteiger charge is -2.13. The van der Waals surface area contributed by atoms with Gasteiger partial charge in [0, 0.05) is 11.9 Å². The van der Waals surface area contributed by atoms with Crippen molar-refractivity contribution in [3.63, 3.8) is 0 Å². The number of aromatic nitrogens is 1. The maximum absolute atomic E-state index is 12.4. The molecule has 20 heavy (non-hydrogen) atoms. The zero-order valence-electron chi connectivity index (χ0n) is 10.2. The Morgan fingerprint density at radius 1 is 1.10 bits per heavy atom. The van der Waals surface area contributed by atoms with Crippen LogP contribution in [0, 0.1) is 11.3 Å². The summed E-state index contributed by atoms with van der Waals surface area (Å²) in [6.45, 7) is 0. The largest absolute Gasteiger partial charge is 0.416 e. The van der Waals surface area contributed by atoms with Crippen LogP contribution < -0.4 is 5.32 Å². The van der Waals surface area contributed by atoms with Gasteiger partial charge in [-0.1, -0.05) is 6.07 Å². The standard InChI is InChI=1S/C14H10F3N3/c15-14(16,17)10-4-6-11(7-5-10)20-13(9-18)12-3-1-2-8-19-12/h1-8,13,20H. The molecule has 0 radical (unpaired) electrons. The van der Waals surface area contributed by atoms with Crippen LogP contribution in [0.5, 0.6) is 0 Å². The van der Waals surface area contributed by atoms with Crippen LogP contribution >= 0.6 is 0 Å². The van der Waals surface area contributed by atoms with Crippen LogP contribution in [0.3, 0.4) is 0 Å². The minimum atomic E-state index is -4.37. The van der Waals surface area contributed by atoms with Crippen LogP contribution in [0.15, 0.2) is 48.7 Å². The van der Waals surface area contributed by atoms with E-state index in [2.05, 4.69) is 10.3 Å². The van der Waals surface area contributed by atoms with Gasteiger partial charge in [-0.05, 0) is 36.4 Å². The van der Waals surface area contributed by atoms with E-state index in [1.54, 1.807) is 24.4 Å². The second kappa shape index (κ2) is 5.61. The van der Waals surface area contributed by atoms with Gasteiger partial charge in [-0.15, -0.1) is 0 Å². The number of nitrogens with zero attached hydrogens (tertiary/aromatic N) is 2. The third kappa shape index (κ3) is 3.26. The minimum absolute atomic E-state index is 0.426. The van der Waals surface area contributed by atoms with E-state index in [-0.39, 0.29) is 0 Å². The molecule has 1 N–H and O–H groups in total. The summed E-state index contributed by atoms with van der Waals surface area (Å²) < 4.78 is 37.3. The van der Waals surface area contributed by atoms with Gasteiger partial charge >= 0.3 is 6.18 Å². The molecule has 1 heterocycles. The van der Waals surface area contributed by atoms with Gasteiger partial charge < -0.3 is 5.32 Å². The third-order valence-corrected chi connectivity index (χ3v) is 2.64. The molecule has 0 aliphatic carbocycles. The normalized spacial score (nSPS) is 12.5. The van der Waals surface area contributed by atoms with Crippen LogP contribution in [0.25, 0.3) is 0 Å². The number of hydrogen-bond donors (Lipinski definition) is 1. The molecule has 6 heteroatoms. The fourth-order valence-electron chi connectivity index (χ4n) is 1.64. The first-order chi connectivity index (χ1) is 9.50. The van der Waals surface area contributed by atoms with Gasteiger partial charge in [-0.3, -0.25) is 4.98 Å². The number of hydrogen-bond acceptors (Lipinski definition) is 3. The highest BCUT2D eigenvalue weighted by atomic mass is 19.4. The van der Waals surface area contributed by atoms with Gasteiger partial charge in [0.25, 0.3) is 0 Å². The summed E-state index contributed by atoms with van der Waals surface area (Å²) in [4.78, 5) is 4.04. The SMILES string of the molecule is N#CC(Nc1ccc(C(F)(F)F)cc1)c1ccccn1. The monoisotopic (exact) mass is 277 g/mol. The number of nitrogens with one attached hydrogen (secondary N) is 1. The van der Waals surface area contributed by atoms with Crippen molar-refractivity contribution in [2.24, 2.45) is 0 Å². The van der Waals surface area contributed by atoms with Gasteiger partial charge in [-0.2, -0.15) is 18.4 Å². The Kier molecular flexibility index (Phi) is 3.89. The fourth-order valence-corrected chi connectivity index (χ4v) is 1.64. The molecule has 0 saturated heterocycles. The van der Waals surface area contributed by atoms with Gasteiger partial charge in [0.2, 0.25) is 0 Å². The van der Waals surface area contributed by atoms with Crippen LogP contribution in [0.1, 0.15) is 17.3 Å². The van der Waals surface area contributed by atoms with E-state index in [1.165, 1.54) is 12.1 Å². The number of nitriles is 1. The van der Waals surface area contributed by atoms with Crippen molar-refractivity contribution in [3.8, 4) is 6.07 Å². The van der Waals surface area contributed by atoms with E-state index in [0.29, 0.717) is 11.4 Å². The van der Waals surface area contributed by atoms with Gasteiger partial charge in [-0.25, -0.2) is 0 Å². The summed E-state index contributed by atoms with van der Waals surface area (Å²) in [6, 6.07) is 10.9. The molecular weight excluding hydrogens is 267 g/mol. The predicted octanol–water partition coefficient (Wildman–Crippen LogP) is 3.78. The molecule has 0 fully saturated rings. The number of pyridine rings is 1. The Bertz CT molecular complexity index is 600. The molecule has 102 valence electrons. The molecule has 0 aliphatic heterocycles. The number of benzene rings is 1. The Morgan fingerprint density at radius 2 is 1.80 bits per heavy atom. The lowest BCUT2D eigenvalue weighted by molar-refractivity contribution is -0.137. The van der Waals surface area contributed by atoms with E-state index in [4.69, 9.17) is 5.26 Å². The van der Waals surface area contributed by atoms with Crippen molar-refractivity contribution in [3.05, 3.63) is 59.9 Å². The highest BCUT2D eigenvalue weighted by Crippen LogP contribution is 2.30. The number of anilines is 1. The van der Waals surface area contributed by atoms with Gasteiger partial charge in [0.05, 0.1) is 17.3 Å². The van der Waals surface area contributed by atoms with Gasteiger partial charge in [0.1, 0.15) is 0 Å². The highest BCUT2D eigenvalue weighted by molar-refractivity contribution is 5.48. The average Bonchev–Trinajstić information content (AvgIpc) is 2.45. The second-order valence-electron chi connectivity index (χ2n) is 4.04. The molecule has 1 atom stereocenters. The predicted molar refractivity (Wildman–Crippen MR) is 67.7 cm³/mol. The Balaban J connectivity index is 2.15. The summed E-state index contributed by atoms with van der Waals surface area (Å²) >= 11 is 0. The van der Waals surface area contributed by atoms with E-state index in [1.807, 2.05) is 6.07 Å². The molecule has 1 aromatic carbocycles. The molecule has 0 aliphatic rings. The number of halogens is 3. The number of rotatable bonds is 3. The van der Waals surface area contributed by atoms with Crippen LogP contribution in [-0.2, 0) is 6.18 Å². The first-order valence-corrected chi connectivity index (χ1v) is 5.75. The summed E-state index contributed by atoms with van der Waals surface area (Å²) in [7, 11) is 0. The maximum Gasteiger partial charge on any atom is 0.416 e. The summed E-state index contributed by atoms with van der Waals surface area (Å²) in [5, 5.41) is 11.9. The Morgan fingerprint density at radius 3 is 2.30 bits per heavy atom. The van der Waals surface area contributed by atoms with Crippen molar-refractivity contribution < 1.29 is 13.2 Å². The van der Waals surface area contributed by atoms with E-state index >= 15 is 0 Å². The molecular formula is C14H10F3N3. The summed E-state index contributed by atoms with van der Waals surface area (Å²) in [6.07, 6.45) is -2.82. The van der Waals surface area contributed by atoms with Crippen LogP contribution in [0.4, 0.5) is 18.9 Å². The molecule has 0 bridgehead atoms. The lowest BCUT2D eigenvalue weighted by Crippen LogP contribution is -2.10. The van der Waals surface area contributed by atoms with E-state index < -0.39 is 17.8 Å². The first kappa shape index (κ1) is 13.9. The topological polar surface area (TPSA) is 48.7 Å². The Labute approximate surface area is 113 Å². The van der Waals surface area contributed by atoms with Crippen molar-refractivity contribution in [1.82, 2.24) is 4.98 Å². The molecule has 2 aromatic rings. The number of alkyl halides is 3. The molecule has 1 aromatic heterocycles. The van der Waals surface area contributed by atoms with Crippen molar-refractivity contribution in [2.75, 3.05) is 5.32 Å². The van der Waals surface area contributed by atoms with Crippen LogP contribution in [0.2, 0.25) is 0 Å². The van der Waals surface area contributed by atoms with Crippen molar-refractivity contribution >= 4 is 5.69 Å². The Hall–Kier alpha value is -2.55. The molecule has 1 unspecified atom stereocenters. The molecule has 0 amide bonds. The molecule has 0 spiro atoms. The van der Waals surface area contributed by atoms with Crippen molar-refractivity contribution in [1.29, 1.82) is 5.26 Å². The van der Waals surface area contributed by atoms with Crippen molar-refractivity contribution in [2.45, 2.75) is 12.2 Å². The fraction of sp³-hybridized carbons (Fsp3) is 0.143. The quantitative estimate of drug-likeness (QED) is 0.928. The van der Waals surface area contributed by atoms with Gasteiger partial charge in [0.15, 0.2) is 6.04 Å².